The molecule has 1 heteroatoms. The van der Waals surface area contributed by atoms with Crippen molar-refractivity contribution in [2.24, 2.45) is 11.7 Å². The predicted molar refractivity (Wildman–Crippen MR) is 44.5 cm³/mol. The number of hydrogen-bond donors (Lipinski definition) is 1. The third kappa shape index (κ3) is 11.5. The molecule has 0 aliphatic heterocycles. The Hall–Kier alpha value is -0.0400. The van der Waals surface area contributed by atoms with Crippen LogP contribution in [-0.4, -0.2) is 6.54 Å². The monoisotopic (exact) mass is 131 g/mol. The molecular formula is C8H21N. The van der Waals surface area contributed by atoms with Crippen LogP contribution in [0, 0.1) is 5.92 Å². The zero-order chi connectivity index (χ0) is 7.70. The average molecular weight is 131 g/mol. The predicted octanol–water partition coefficient (Wildman–Crippen LogP) is 2.41. The van der Waals surface area contributed by atoms with Crippen LogP contribution in [0.2, 0.25) is 0 Å². The fraction of sp³-hybridized carbons (Fsp3) is 1.00. The third-order valence-corrected chi connectivity index (χ3v) is 1.36. The van der Waals surface area contributed by atoms with Crippen molar-refractivity contribution in [3.05, 3.63) is 0 Å². The maximum absolute atomic E-state index is 5.30. The Morgan fingerprint density at radius 3 is 1.89 bits per heavy atom. The molecule has 0 aromatic carbocycles. The van der Waals surface area contributed by atoms with E-state index in [9.17, 15) is 0 Å². The molecule has 1 unspecified atom stereocenters. The first kappa shape index (κ1) is 11.7. The van der Waals surface area contributed by atoms with E-state index in [0.717, 1.165) is 12.5 Å². The molecule has 0 spiro atoms. The Bertz CT molecular complexity index is 35.5. The van der Waals surface area contributed by atoms with Crippen molar-refractivity contribution in [2.75, 3.05) is 6.54 Å². The molecule has 0 rings (SSSR count). The van der Waals surface area contributed by atoms with Crippen LogP contribution in [0.3, 0.4) is 0 Å². The van der Waals surface area contributed by atoms with Crippen molar-refractivity contribution in [1.82, 2.24) is 0 Å². The van der Waals surface area contributed by atoms with E-state index in [1.54, 1.807) is 0 Å². The van der Waals surface area contributed by atoms with Gasteiger partial charge in [-0.3, -0.25) is 0 Å². The third-order valence-electron chi connectivity index (χ3n) is 1.36. The van der Waals surface area contributed by atoms with E-state index in [-0.39, 0.29) is 0 Å². The molecule has 0 aromatic rings. The largest absolute Gasteiger partial charge is 0.330 e. The summed E-state index contributed by atoms with van der Waals surface area (Å²) in [6.45, 7) is 9.27. The SMILES string of the molecule is CC.CCC(C)CCN. The second-order valence-electron chi connectivity index (χ2n) is 2.09. The Labute approximate surface area is 59.6 Å². The fourth-order valence-corrected chi connectivity index (χ4v) is 0.489. The molecule has 1 nitrogen and oxygen atoms in total. The molecule has 0 aromatic heterocycles. The van der Waals surface area contributed by atoms with Crippen LogP contribution < -0.4 is 5.73 Å². The molecule has 0 radical (unpaired) electrons. The van der Waals surface area contributed by atoms with Gasteiger partial charge < -0.3 is 5.73 Å². The Kier molecular flexibility index (Phi) is 14.1. The molecule has 2 N–H and O–H groups in total. The van der Waals surface area contributed by atoms with Crippen LogP contribution in [0.4, 0.5) is 0 Å². The van der Waals surface area contributed by atoms with E-state index in [1.165, 1.54) is 12.8 Å². The highest BCUT2D eigenvalue weighted by Crippen LogP contribution is 2.02. The second-order valence-corrected chi connectivity index (χ2v) is 2.09. The summed E-state index contributed by atoms with van der Waals surface area (Å²) >= 11 is 0. The molecule has 0 fully saturated rings. The molecule has 0 amide bonds. The lowest BCUT2D eigenvalue weighted by molar-refractivity contribution is 0.524. The van der Waals surface area contributed by atoms with Gasteiger partial charge in [-0.25, -0.2) is 0 Å². The van der Waals surface area contributed by atoms with Gasteiger partial charge in [0.25, 0.3) is 0 Å². The van der Waals surface area contributed by atoms with E-state index in [0.29, 0.717) is 0 Å². The molecule has 0 bridgehead atoms. The summed E-state index contributed by atoms with van der Waals surface area (Å²) in [4.78, 5) is 0. The molecule has 0 saturated heterocycles. The summed E-state index contributed by atoms with van der Waals surface area (Å²) in [5, 5.41) is 0. The quantitative estimate of drug-likeness (QED) is 0.625. The van der Waals surface area contributed by atoms with Crippen molar-refractivity contribution in [3.63, 3.8) is 0 Å². The van der Waals surface area contributed by atoms with Gasteiger partial charge in [0.1, 0.15) is 0 Å². The first-order valence-corrected chi connectivity index (χ1v) is 4.01. The molecule has 58 valence electrons. The minimum atomic E-state index is 0.824. The van der Waals surface area contributed by atoms with E-state index in [4.69, 9.17) is 5.73 Å². The Morgan fingerprint density at radius 1 is 1.33 bits per heavy atom. The van der Waals surface area contributed by atoms with E-state index in [2.05, 4.69) is 13.8 Å². The van der Waals surface area contributed by atoms with Crippen molar-refractivity contribution < 1.29 is 0 Å². The standard InChI is InChI=1S/C6H15N.C2H6/c1-3-6(2)4-5-7;1-2/h6H,3-5,7H2,1-2H3;1-2H3. The molecule has 0 saturated carbocycles. The number of nitrogens with two attached hydrogens (primary N) is 1. The highest BCUT2D eigenvalue weighted by Gasteiger charge is 1.92. The molecule has 0 heterocycles. The molecular weight excluding hydrogens is 110 g/mol. The number of rotatable bonds is 3. The smallest absolute Gasteiger partial charge is 0.00747 e. The second kappa shape index (κ2) is 10.9. The van der Waals surface area contributed by atoms with Gasteiger partial charge in [0.2, 0.25) is 0 Å². The van der Waals surface area contributed by atoms with Gasteiger partial charge in [0.05, 0.1) is 0 Å². The molecule has 0 aliphatic carbocycles. The maximum Gasteiger partial charge on any atom is -0.00747 e. The van der Waals surface area contributed by atoms with Crippen LogP contribution in [0.25, 0.3) is 0 Å². The van der Waals surface area contributed by atoms with Crippen LogP contribution in [0.1, 0.15) is 40.5 Å². The van der Waals surface area contributed by atoms with Gasteiger partial charge in [0.15, 0.2) is 0 Å². The molecule has 0 aliphatic rings. The topological polar surface area (TPSA) is 26.0 Å². The maximum atomic E-state index is 5.30. The zero-order valence-corrected chi connectivity index (χ0v) is 7.28. The minimum absolute atomic E-state index is 0.824. The highest BCUT2D eigenvalue weighted by atomic mass is 14.5. The molecule has 9 heavy (non-hydrogen) atoms. The van der Waals surface area contributed by atoms with Crippen LogP contribution >= 0.6 is 0 Å². The van der Waals surface area contributed by atoms with Crippen LogP contribution in [-0.2, 0) is 0 Å². The lowest BCUT2D eigenvalue weighted by Gasteiger charge is -2.02. The highest BCUT2D eigenvalue weighted by molar-refractivity contribution is 4.48. The lowest BCUT2D eigenvalue weighted by Crippen LogP contribution is -2.04. The number of hydrogen-bond acceptors (Lipinski definition) is 1. The van der Waals surface area contributed by atoms with Crippen LogP contribution in [0.15, 0.2) is 0 Å². The van der Waals surface area contributed by atoms with E-state index >= 15 is 0 Å². The van der Waals surface area contributed by atoms with E-state index in [1.807, 2.05) is 13.8 Å². The summed E-state index contributed by atoms with van der Waals surface area (Å²) in [7, 11) is 0. The summed E-state index contributed by atoms with van der Waals surface area (Å²) in [5.41, 5.74) is 5.30. The van der Waals surface area contributed by atoms with E-state index < -0.39 is 0 Å². The molecule has 1 atom stereocenters. The first-order valence-electron chi connectivity index (χ1n) is 4.01. The van der Waals surface area contributed by atoms with Gasteiger partial charge >= 0.3 is 0 Å². The van der Waals surface area contributed by atoms with Crippen molar-refractivity contribution in [2.45, 2.75) is 40.5 Å². The Morgan fingerprint density at radius 2 is 1.78 bits per heavy atom. The van der Waals surface area contributed by atoms with Gasteiger partial charge in [-0.2, -0.15) is 0 Å². The summed E-state index contributed by atoms with van der Waals surface area (Å²) in [5.74, 6) is 0.824. The van der Waals surface area contributed by atoms with Gasteiger partial charge in [-0.15, -0.1) is 0 Å². The van der Waals surface area contributed by atoms with Gasteiger partial charge in [-0.1, -0.05) is 34.1 Å². The lowest BCUT2D eigenvalue weighted by atomic mass is 10.1. The van der Waals surface area contributed by atoms with Crippen LogP contribution in [0.5, 0.6) is 0 Å². The van der Waals surface area contributed by atoms with Gasteiger partial charge in [-0.05, 0) is 18.9 Å². The summed E-state index contributed by atoms with van der Waals surface area (Å²) < 4.78 is 0. The van der Waals surface area contributed by atoms with Crippen molar-refractivity contribution in [3.8, 4) is 0 Å². The normalized spacial score (nSPS) is 11.7. The summed E-state index contributed by atoms with van der Waals surface area (Å²) in [6.07, 6.45) is 2.44. The zero-order valence-electron chi connectivity index (χ0n) is 7.28. The fourth-order valence-electron chi connectivity index (χ4n) is 0.489. The van der Waals surface area contributed by atoms with Crippen molar-refractivity contribution >= 4 is 0 Å². The Balaban J connectivity index is 0. The first-order chi connectivity index (χ1) is 4.31. The summed E-state index contributed by atoms with van der Waals surface area (Å²) in [6, 6.07) is 0. The van der Waals surface area contributed by atoms with Gasteiger partial charge in [0, 0.05) is 0 Å². The average Bonchev–Trinajstić information content (AvgIpc) is 1.93. The van der Waals surface area contributed by atoms with Crippen molar-refractivity contribution in [1.29, 1.82) is 0 Å². The minimum Gasteiger partial charge on any atom is -0.330 e.